The monoisotopic (exact) mass is 315 g/mol. The lowest BCUT2D eigenvalue weighted by atomic mass is 10.2. The van der Waals surface area contributed by atoms with Crippen molar-refractivity contribution in [3.05, 3.63) is 48.3 Å². The lowest BCUT2D eigenvalue weighted by molar-refractivity contribution is -0.115. The third kappa shape index (κ3) is 4.44. The number of carbonyl (C=O) groups is 2. The Labute approximate surface area is 133 Å². The number of methoxy groups -OCH3 is 2. The van der Waals surface area contributed by atoms with Crippen molar-refractivity contribution < 1.29 is 19.1 Å². The van der Waals surface area contributed by atoms with Gasteiger partial charge < -0.3 is 20.1 Å². The Morgan fingerprint density at radius 2 is 1.91 bits per heavy atom. The molecule has 0 saturated heterocycles. The van der Waals surface area contributed by atoms with Crippen LogP contribution in [0.2, 0.25) is 0 Å². The average Bonchev–Trinajstić information content (AvgIpc) is 2.60. The van der Waals surface area contributed by atoms with Gasteiger partial charge in [0.05, 0.1) is 26.3 Å². The molecule has 0 spiro atoms. The highest BCUT2D eigenvalue weighted by Gasteiger charge is 2.10. The fourth-order valence-corrected chi connectivity index (χ4v) is 1.88. The molecule has 120 valence electrons. The van der Waals surface area contributed by atoms with Crippen LogP contribution in [-0.4, -0.2) is 37.6 Å². The van der Waals surface area contributed by atoms with Crippen LogP contribution < -0.4 is 20.1 Å². The molecule has 1 aromatic heterocycles. The van der Waals surface area contributed by atoms with Crippen LogP contribution in [0.5, 0.6) is 11.5 Å². The Morgan fingerprint density at radius 1 is 1.13 bits per heavy atom. The second-order valence-corrected chi connectivity index (χ2v) is 4.54. The second kappa shape index (κ2) is 7.79. The number of rotatable bonds is 6. The lowest BCUT2D eigenvalue weighted by Gasteiger charge is -2.11. The molecule has 0 radical (unpaired) electrons. The first kappa shape index (κ1) is 16.3. The third-order valence-corrected chi connectivity index (χ3v) is 3.00. The molecule has 1 aromatic carbocycles. The molecule has 2 N–H and O–H groups in total. The molecule has 23 heavy (non-hydrogen) atoms. The van der Waals surface area contributed by atoms with Gasteiger partial charge >= 0.3 is 0 Å². The number of ether oxygens (including phenoxy) is 2. The minimum atomic E-state index is -0.361. The summed E-state index contributed by atoms with van der Waals surface area (Å²) in [5.41, 5.74) is 0.940. The van der Waals surface area contributed by atoms with Gasteiger partial charge in [0.15, 0.2) is 11.5 Å². The molecule has 2 aromatic rings. The van der Waals surface area contributed by atoms with Crippen LogP contribution in [0.25, 0.3) is 0 Å². The molecule has 0 aliphatic carbocycles. The summed E-state index contributed by atoms with van der Waals surface area (Å²) in [7, 11) is 3.04. The van der Waals surface area contributed by atoms with Crippen molar-refractivity contribution in [1.29, 1.82) is 0 Å². The molecule has 0 bridgehead atoms. The molecular formula is C16H17N3O4. The molecule has 0 aliphatic rings. The molecule has 2 rings (SSSR count). The Morgan fingerprint density at radius 3 is 2.57 bits per heavy atom. The van der Waals surface area contributed by atoms with Gasteiger partial charge in [-0.1, -0.05) is 0 Å². The minimum absolute atomic E-state index is 0.151. The van der Waals surface area contributed by atoms with Gasteiger partial charge in [-0.3, -0.25) is 14.6 Å². The van der Waals surface area contributed by atoms with Gasteiger partial charge in [-0.2, -0.15) is 0 Å². The topological polar surface area (TPSA) is 89.6 Å². The Bertz CT molecular complexity index is 689. The SMILES string of the molecule is COc1ccc(NC(=O)CNC(=O)c2cccnc2)cc1OC. The van der Waals surface area contributed by atoms with E-state index in [2.05, 4.69) is 15.6 Å². The van der Waals surface area contributed by atoms with Gasteiger partial charge in [0.25, 0.3) is 5.91 Å². The standard InChI is InChI=1S/C16H17N3O4/c1-22-13-6-5-12(8-14(13)23-2)19-15(20)10-18-16(21)11-4-3-7-17-9-11/h3-9H,10H2,1-2H3,(H,18,21)(H,19,20). The number of anilines is 1. The predicted octanol–water partition coefficient (Wildman–Crippen LogP) is 1.47. The van der Waals surface area contributed by atoms with Gasteiger partial charge in [-0.25, -0.2) is 0 Å². The van der Waals surface area contributed by atoms with E-state index in [0.29, 0.717) is 22.7 Å². The van der Waals surface area contributed by atoms with Crippen LogP contribution in [0.15, 0.2) is 42.7 Å². The minimum Gasteiger partial charge on any atom is -0.493 e. The molecule has 0 fully saturated rings. The summed E-state index contributed by atoms with van der Waals surface area (Å²) in [5, 5.41) is 5.19. The number of aromatic nitrogens is 1. The van der Waals surface area contributed by atoms with Crippen molar-refractivity contribution in [3.63, 3.8) is 0 Å². The van der Waals surface area contributed by atoms with Crippen LogP contribution in [0, 0.1) is 0 Å². The number of amides is 2. The van der Waals surface area contributed by atoms with Gasteiger partial charge in [0, 0.05) is 24.1 Å². The second-order valence-electron chi connectivity index (χ2n) is 4.54. The van der Waals surface area contributed by atoms with Gasteiger partial charge in [-0.05, 0) is 24.3 Å². The first-order chi connectivity index (χ1) is 11.1. The Kier molecular flexibility index (Phi) is 5.51. The Hall–Kier alpha value is -3.09. The predicted molar refractivity (Wildman–Crippen MR) is 84.7 cm³/mol. The van der Waals surface area contributed by atoms with E-state index >= 15 is 0 Å². The molecule has 0 aliphatic heterocycles. The number of hydrogen-bond donors (Lipinski definition) is 2. The van der Waals surface area contributed by atoms with E-state index in [1.165, 1.54) is 20.4 Å². The van der Waals surface area contributed by atoms with E-state index in [1.54, 1.807) is 36.5 Å². The maximum atomic E-state index is 11.9. The number of nitrogens with zero attached hydrogens (tertiary/aromatic N) is 1. The fourth-order valence-electron chi connectivity index (χ4n) is 1.88. The zero-order chi connectivity index (χ0) is 16.7. The van der Waals surface area contributed by atoms with Crippen molar-refractivity contribution in [2.75, 3.05) is 26.1 Å². The first-order valence-electron chi connectivity index (χ1n) is 6.84. The molecule has 2 amide bonds. The normalized spacial score (nSPS) is 9.83. The summed E-state index contributed by atoms with van der Waals surface area (Å²) < 4.78 is 10.3. The van der Waals surface area contributed by atoms with Gasteiger partial charge in [0.2, 0.25) is 5.91 Å². The van der Waals surface area contributed by atoms with Crippen LogP contribution in [0.3, 0.4) is 0 Å². The van der Waals surface area contributed by atoms with Crippen molar-refractivity contribution in [3.8, 4) is 11.5 Å². The van der Waals surface area contributed by atoms with Crippen molar-refractivity contribution >= 4 is 17.5 Å². The van der Waals surface area contributed by atoms with E-state index in [4.69, 9.17) is 9.47 Å². The summed E-state index contributed by atoms with van der Waals surface area (Å²) in [6.45, 7) is -0.151. The molecule has 7 nitrogen and oxygen atoms in total. The molecular weight excluding hydrogens is 298 g/mol. The van der Waals surface area contributed by atoms with E-state index in [-0.39, 0.29) is 18.4 Å². The molecule has 0 saturated carbocycles. The van der Waals surface area contributed by atoms with E-state index in [0.717, 1.165) is 0 Å². The largest absolute Gasteiger partial charge is 0.493 e. The molecule has 0 atom stereocenters. The summed E-state index contributed by atoms with van der Waals surface area (Å²) in [5.74, 6) is 0.357. The first-order valence-corrected chi connectivity index (χ1v) is 6.84. The quantitative estimate of drug-likeness (QED) is 0.842. The summed E-state index contributed by atoms with van der Waals surface area (Å²) in [6, 6.07) is 8.28. The lowest BCUT2D eigenvalue weighted by Crippen LogP contribution is -2.32. The zero-order valence-electron chi connectivity index (χ0n) is 12.8. The summed E-state index contributed by atoms with van der Waals surface area (Å²) >= 11 is 0. The smallest absolute Gasteiger partial charge is 0.253 e. The van der Waals surface area contributed by atoms with Gasteiger partial charge in [-0.15, -0.1) is 0 Å². The third-order valence-electron chi connectivity index (χ3n) is 3.00. The fraction of sp³-hybridized carbons (Fsp3) is 0.188. The van der Waals surface area contributed by atoms with Crippen molar-refractivity contribution in [2.45, 2.75) is 0 Å². The number of hydrogen-bond acceptors (Lipinski definition) is 5. The Balaban J connectivity index is 1.91. The van der Waals surface area contributed by atoms with E-state index < -0.39 is 0 Å². The number of benzene rings is 1. The average molecular weight is 315 g/mol. The summed E-state index contributed by atoms with van der Waals surface area (Å²) in [4.78, 5) is 27.6. The summed E-state index contributed by atoms with van der Waals surface area (Å²) in [6.07, 6.45) is 3.00. The highest BCUT2D eigenvalue weighted by atomic mass is 16.5. The van der Waals surface area contributed by atoms with Crippen LogP contribution >= 0.6 is 0 Å². The zero-order valence-corrected chi connectivity index (χ0v) is 12.8. The van der Waals surface area contributed by atoms with Crippen molar-refractivity contribution in [1.82, 2.24) is 10.3 Å². The van der Waals surface area contributed by atoms with Crippen molar-refractivity contribution in [2.24, 2.45) is 0 Å². The highest BCUT2D eigenvalue weighted by molar-refractivity contribution is 5.99. The highest BCUT2D eigenvalue weighted by Crippen LogP contribution is 2.29. The molecule has 7 heteroatoms. The van der Waals surface area contributed by atoms with Crippen LogP contribution in [-0.2, 0) is 4.79 Å². The van der Waals surface area contributed by atoms with Crippen LogP contribution in [0.4, 0.5) is 5.69 Å². The van der Waals surface area contributed by atoms with E-state index in [1.807, 2.05) is 0 Å². The van der Waals surface area contributed by atoms with Gasteiger partial charge in [0.1, 0.15) is 0 Å². The number of carbonyl (C=O) groups excluding carboxylic acids is 2. The number of pyridine rings is 1. The maximum Gasteiger partial charge on any atom is 0.253 e. The van der Waals surface area contributed by atoms with Crippen LogP contribution in [0.1, 0.15) is 10.4 Å². The number of nitrogens with one attached hydrogen (secondary N) is 2. The van der Waals surface area contributed by atoms with E-state index in [9.17, 15) is 9.59 Å². The maximum absolute atomic E-state index is 11.9. The molecule has 1 heterocycles. The molecule has 0 unspecified atom stereocenters.